The van der Waals surface area contributed by atoms with Gasteiger partial charge in [0.15, 0.2) is 5.43 Å². The first-order chi connectivity index (χ1) is 7.80. The summed E-state index contributed by atoms with van der Waals surface area (Å²) in [5, 5.41) is 0.222. The molecule has 17 heavy (non-hydrogen) atoms. The molecule has 2 aromatic rings. The number of alkyl halides is 3. The average Bonchev–Trinajstić information content (AvgIpc) is 2.21. The molecule has 0 spiro atoms. The largest absolute Gasteiger partial charge is 0.431 e. The molecule has 0 fully saturated rings. The number of nitrogens with one attached hydrogen (secondary N) is 1. The fourth-order valence-corrected chi connectivity index (χ4v) is 1.86. The van der Waals surface area contributed by atoms with Crippen LogP contribution in [0.5, 0.6) is 0 Å². The minimum atomic E-state index is -4.58. The second-order valence-corrected chi connectivity index (χ2v) is 4.07. The van der Waals surface area contributed by atoms with E-state index < -0.39 is 17.3 Å². The number of H-pyrrole nitrogens is 1. The van der Waals surface area contributed by atoms with Crippen molar-refractivity contribution in [2.45, 2.75) is 13.1 Å². The molecule has 0 unspecified atom stereocenters. The summed E-state index contributed by atoms with van der Waals surface area (Å²) >= 11 is 5.80. The Bertz CT molecular complexity index is 645. The Morgan fingerprint density at radius 1 is 1.29 bits per heavy atom. The van der Waals surface area contributed by atoms with Crippen molar-refractivity contribution in [3.63, 3.8) is 0 Å². The monoisotopic (exact) mass is 261 g/mol. The molecule has 0 amide bonds. The highest BCUT2D eigenvalue weighted by atomic mass is 35.5. The van der Waals surface area contributed by atoms with E-state index in [9.17, 15) is 18.0 Å². The Morgan fingerprint density at radius 2 is 1.94 bits per heavy atom. The lowest BCUT2D eigenvalue weighted by Gasteiger charge is -2.10. The first-order valence-corrected chi connectivity index (χ1v) is 5.08. The third kappa shape index (κ3) is 2.02. The topological polar surface area (TPSA) is 32.9 Å². The van der Waals surface area contributed by atoms with Crippen molar-refractivity contribution in [2.75, 3.05) is 0 Å². The summed E-state index contributed by atoms with van der Waals surface area (Å²) in [4.78, 5) is 13.8. The van der Waals surface area contributed by atoms with Crippen molar-refractivity contribution in [2.24, 2.45) is 0 Å². The van der Waals surface area contributed by atoms with E-state index in [4.69, 9.17) is 11.6 Å². The smallest absolute Gasteiger partial charge is 0.351 e. The van der Waals surface area contributed by atoms with Gasteiger partial charge in [0.1, 0.15) is 5.69 Å². The van der Waals surface area contributed by atoms with E-state index in [0.29, 0.717) is 11.6 Å². The SMILES string of the molecule is Cc1ccc(Cl)c2c(=O)cc(C(F)(F)F)[nH]c12. The van der Waals surface area contributed by atoms with E-state index in [2.05, 4.69) is 4.98 Å². The molecule has 1 aromatic carbocycles. The first kappa shape index (κ1) is 12.0. The molecule has 0 aliphatic rings. The number of hydrogen-bond acceptors (Lipinski definition) is 1. The molecule has 90 valence electrons. The van der Waals surface area contributed by atoms with Gasteiger partial charge >= 0.3 is 6.18 Å². The Kier molecular flexibility index (Phi) is 2.66. The second kappa shape index (κ2) is 3.77. The van der Waals surface area contributed by atoms with Crippen LogP contribution < -0.4 is 5.43 Å². The maximum absolute atomic E-state index is 12.5. The van der Waals surface area contributed by atoms with Crippen LogP contribution in [0, 0.1) is 6.92 Å². The highest BCUT2D eigenvalue weighted by Crippen LogP contribution is 2.29. The molecule has 6 heteroatoms. The molecular weight excluding hydrogens is 255 g/mol. The minimum absolute atomic E-state index is 0.0830. The molecule has 0 saturated carbocycles. The second-order valence-electron chi connectivity index (χ2n) is 3.66. The van der Waals surface area contributed by atoms with Gasteiger partial charge in [0, 0.05) is 6.07 Å². The van der Waals surface area contributed by atoms with Gasteiger partial charge < -0.3 is 4.98 Å². The van der Waals surface area contributed by atoms with Gasteiger partial charge in [-0.1, -0.05) is 17.7 Å². The van der Waals surface area contributed by atoms with Crippen LogP contribution in [0.1, 0.15) is 11.3 Å². The predicted octanol–water partition coefficient (Wildman–Crippen LogP) is 3.51. The van der Waals surface area contributed by atoms with Gasteiger partial charge in [-0.05, 0) is 18.6 Å². The van der Waals surface area contributed by atoms with Gasteiger partial charge in [0.05, 0.1) is 15.9 Å². The summed E-state index contributed by atoms with van der Waals surface area (Å²) in [5.41, 5.74) is -1.15. The van der Waals surface area contributed by atoms with Crippen LogP contribution in [0.4, 0.5) is 13.2 Å². The van der Waals surface area contributed by atoms with Gasteiger partial charge in [-0.15, -0.1) is 0 Å². The van der Waals surface area contributed by atoms with Crippen molar-refractivity contribution >= 4 is 22.5 Å². The summed E-state index contributed by atoms with van der Waals surface area (Å²) in [5.74, 6) is 0. The molecule has 0 aliphatic heterocycles. The van der Waals surface area contributed by atoms with Gasteiger partial charge in [-0.25, -0.2) is 0 Å². The lowest BCUT2D eigenvalue weighted by Crippen LogP contribution is -2.14. The fraction of sp³-hybridized carbons (Fsp3) is 0.182. The number of aryl methyl sites for hydroxylation is 1. The molecular formula is C11H7ClF3NO. The summed E-state index contributed by atoms with van der Waals surface area (Å²) in [6, 6.07) is 3.57. The molecule has 2 nitrogen and oxygen atoms in total. The number of hydrogen-bond donors (Lipinski definition) is 1. The van der Waals surface area contributed by atoms with E-state index in [0.717, 1.165) is 0 Å². The molecule has 0 saturated heterocycles. The number of aromatic amines is 1. The lowest BCUT2D eigenvalue weighted by molar-refractivity contribution is -0.141. The summed E-state index contributed by atoms with van der Waals surface area (Å²) in [7, 11) is 0. The van der Waals surface area contributed by atoms with Crippen LogP contribution in [0.25, 0.3) is 10.9 Å². The average molecular weight is 262 g/mol. The van der Waals surface area contributed by atoms with Crippen molar-refractivity contribution in [3.8, 4) is 0 Å². The van der Waals surface area contributed by atoms with Crippen molar-refractivity contribution in [1.82, 2.24) is 4.98 Å². The molecule has 2 rings (SSSR count). The quantitative estimate of drug-likeness (QED) is 0.773. The normalized spacial score (nSPS) is 12.1. The Hall–Kier alpha value is -1.49. The van der Waals surface area contributed by atoms with Crippen molar-refractivity contribution < 1.29 is 13.2 Å². The molecule has 0 aliphatic carbocycles. The summed E-state index contributed by atoms with van der Waals surface area (Å²) in [6.45, 7) is 1.61. The van der Waals surface area contributed by atoms with Crippen molar-refractivity contribution in [1.29, 1.82) is 0 Å². The van der Waals surface area contributed by atoms with Gasteiger partial charge in [-0.3, -0.25) is 4.79 Å². The van der Waals surface area contributed by atoms with E-state index >= 15 is 0 Å². The molecule has 0 atom stereocenters. The van der Waals surface area contributed by atoms with E-state index in [1.807, 2.05) is 0 Å². The van der Waals surface area contributed by atoms with Crippen LogP contribution in [0.15, 0.2) is 23.0 Å². The number of halogens is 4. The molecule has 0 radical (unpaired) electrons. The third-order valence-corrected chi connectivity index (χ3v) is 2.76. The fourth-order valence-electron chi connectivity index (χ4n) is 1.61. The van der Waals surface area contributed by atoms with Gasteiger partial charge in [0.2, 0.25) is 0 Å². The maximum Gasteiger partial charge on any atom is 0.431 e. The van der Waals surface area contributed by atoms with Crippen LogP contribution in [0.2, 0.25) is 5.02 Å². The standard InChI is InChI=1S/C11H7ClF3NO/c1-5-2-3-6(12)9-7(17)4-8(11(13,14)15)16-10(5)9/h2-4H,1H3,(H,16,17). The summed E-state index contributed by atoms with van der Waals surface area (Å²) < 4.78 is 37.6. The maximum atomic E-state index is 12.5. The molecule has 1 heterocycles. The highest BCUT2D eigenvalue weighted by molar-refractivity contribution is 6.35. The zero-order valence-electron chi connectivity index (χ0n) is 8.65. The molecule has 0 bridgehead atoms. The van der Waals surface area contributed by atoms with Crippen LogP contribution in [-0.4, -0.2) is 4.98 Å². The Morgan fingerprint density at radius 3 is 2.53 bits per heavy atom. The van der Waals surface area contributed by atoms with Crippen LogP contribution >= 0.6 is 11.6 Å². The molecule has 1 aromatic heterocycles. The lowest BCUT2D eigenvalue weighted by atomic mass is 10.1. The van der Waals surface area contributed by atoms with E-state index in [1.165, 1.54) is 6.07 Å². The van der Waals surface area contributed by atoms with E-state index in [1.54, 1.807) is 13.0 Å². The first-order valence-electron chi connectivity index (χ1n) is 4.70. The van der Waals surface area contributed by atoms with Crippen LogP contribution in [0.3, 0.4) is 0 Å². The summed E-state index contributed by atoms with van der Waals surface area (Å²) in [6.07, 6.45) is -4.58. The third-order valence-electron chi connectivity index (χ3n) is 2.45. The Balaban J connectivity index is 2.92. The molecule has 1 N–H and O–H groups in total. The van der Waals surface area contributed by atoms with Crippen molar-refractivity contribution in [3.05, 3.63) is 44.7 Å². The highest BCUT2D eigenvalue weighted by Gasteiger charge is 2.32. The van der Waals surface area contributed by atoms with Crippen LogP contribution in [-0.2, 0) is 6.18 Å². The van der Waals surface area contributed by atoms with Gasteiger partial charge in [-0.2, -0.15) is 13.2 Å². The zero-order chi connectivity index (χ0) is 12.8. The number of benzene rings is 1. The number of fused-ring (bicyclic) bond motifs is 1. The number of pyridine rings is 1. The van der Waals surface area contributed by atoms with E-state index in [-0.39, 0.29) is 15.9 Å². The minimum Gasteiger partial charge on any atom is -0.351 e. The number of rotatable bonds is 0. The Labute approximate surface area is 99.0 Å². The number of aromatic nitrogens is 1. The van der Waals surface area contributed by atoms with Gasteiger partial charge in [0.25, 0.3) is 0 Å². The predicted molar refractivity (Wildman–Crippen MR) is 59.3 cm³/mol. The zero-order valence-corrected chi connectivity index (χ0v) is 9.41.